The molecule has 0 bridgehead atoms. The van der Waals surface area contributed by atoms with Crippen LogP contribution in [0, 0.1) is 20.8 Å². The van der Waals surface area contributed by atoms with E-state index in [1.165, 1.54) is 0 Å². The van der Waals surface area contributed by atoms with Crippen molar-refractivity contribution in [3.63, 3.8) is 0 Å². The van der Waals surface area contributed by atoms with E-state index in [0.717, 1.165) is 22.4 Å². The van der Waals surface area contributed by atoms with Crippen molar-refractivity contribution in [3.05, 3.63) is 59.2 Å². The monoisotopic (exact) mass is 396 g/mol. The molecule has 1 heterocycles. The van der Waals surface area contributed by atoms with Gasteiger partial charge in [-0.1, -0.05) is 29.8 Å². The summed E-state index contributed by atoms with van der Waals surface area (Å²) in [7, 11) is 0. The van der Waals surface area contributed by atoms with Crippen molar-refractivity contribution in [2.45, 2.75) is 20.8 Å². The SMILES string of the molecule is Cc1ccc(OCC(=O)N2CCN(C(=O)COc3cccc(C)c3C)CC2)cc1. The molecule has 3 rings (SSSR count). The predicted octanol–water partition coefficient (Wildman–Crippen LogP) is 2.74. The Morgan fingerprint density at radius 2 is 1.34 bits per heavy atom. The van der Waals surface area contributed by atoms with Gasteiger partial charge in [0.15, 0.2) is 13.2 Å². The van der Waals surface area contributed by atoms with Gasteiger partial charge in [0.1, 0.15) is 11.5 Å². The molecule has 0 N–H and O–H groups in total. The van der Waals surface area contributed by atoms with Gasteiger partial charge in [-0.2, -0.15) is 0 Å². The number of hydrogen-bond donors (Lipinski definition) is 0. The molecule has 1 aliphatic heterocycles. The third-order valence-corrected chi connectivity index (χ3v) is 5.27. The minimum absolute atomic E-state index is 0.00670. The first-order valence-electron chi connectivity index (χ1n) is 9.88. The highest BCUT2D eigenvalue weighted by Gasteiger charge is 2.24. The first kappa shape index (κ1) is 20.7. The van der Waals surface area contributed by atoms with E-state index in [9.17, 15) is 9.59 Å². The Kier molecular flexibility index (Phi) is 6.75. The van der Waals surface area contributed by atoms with E-state index < -0.39 is 0 Å². The zero-order chi connectivity index (χ0) is 20.8. The average molecular weight is 396 g/mol. The Morgan fingerprint density at radius 3 is 1.93 bits per heavy atom. The predicted molar refractivity (Wildman–Crippen MR) is 111 cm³/mol. The van der Waals surface area contributed by atoms with E-state index in [0.29, 0.717) is 31.9 Å². The van der Waals surface area contributed by atoms with Crippen LogP contribution in [0.3, 0.4) is 0 Å². The lowest BCUT2D eigenvalue weighted by Crippen LogP contribution is -2.52. The number of amides is 2. The number of benzene rings is 2. The van der Waals surface area contributed by atoms with Crippen molar-refractivity contribution in [1.82, 2.24) is 9.80 Å². The zero-order valence-electron chi connectivity index (χ0n) is 17.3. The first-order valence-corrected chi connectivity index (χ1v) is 9.88. The van der Waals surface area contributed by atoms with E-state index in [4.69, 9.17) is 9.47 Å². The molecule has 1 fully saturated rings. The van der Waals surface area contributed by atoms with Gasteiger partial charge in [-0.15, -0.1) is 0 Å². The second-order valence-corrected chi connectivity index (χ2v) is 7.35. The normalized spacial score (nSPS) is 13.9. The summed E-state index contributed by atoms with van der Waals surface area (Å²) in [6, 6.07) is 13.4. The minimum Gasteiger partial charge on any atom is -0.484 e. The Morgan fingerprint density at radius 1 is 0.793 bits per heavy atom. The lowest BCUT2D eigenvalue weighted by molar-refractivity contribution is -0.141. The lowest BCUT2D eigenvalue weighted by Gasteiger charge is -2.34. The molecule has 0 aliphatic carbocycles. The van der Waals surface area contributed by atoms with Crippen molar-refractivity contribution < 1.29 is 19.1 Å². The van der Waals surface area contributed by atoms with Crippen LogP contribution in [0.25, 0.3) is 0 Å². The molecule has 0 radical (unpaired) electrons. The van der Waals surface area contributed by atoms with Crippen LogP contribution in [0.4, 0.5) is 0 Å². The fraction of sp³-hybridized carbons (Fsp3) is 0.391. The maximum Gasteiger partial charge on any atom is 0.260 e. The molecule has 1 saturated heterocycles. The molecular weight excluding hydrogens is 368 g/mol. The summed E-state index contributed by atoms with van der Waals surface area (Å²) < 4.78 is 11.3. The highest BCUT2D eigenvalue weighted by Crippen LogP contribution is 2.20. The van der Waals surface area contributed by atoms with Gasteiger partial charge in [0.25, 0.3) is 11.8 Å². The number of ether oxygens (including phenoxy) is 2. The van der Waals surface area contributed by atoms with Crippen molar-refractivity contribution in [3.8, 4) is 11.5 Å². The summed E-state index contributed by atoms with van der Waals surface area (Å²) in [4.78, 5) is 28.3. The number of aryl methyl sites for hydroxylation is 2. The Labute approximate surface area is 172 Å². The molecule has 0 spiro atoms. The number of nitrogens with zero attached hydrogens (tertiary/aromatic N) is 2. The van der Waals surface area contributed by atoms with Crippen LogP contribution in [0.1, 0.15) is 16.7 Å². The lowest BCUT2D eigenvalue weighted by atomic mass is 10.1. The van der Waals surface area contributed by atoms with E-state index in [1.807, 2.05) is 63.2 Å². The second-order valence-electron chi connectivity index (χ2n) is 7.35. The number of rotatable bonds is 6. The molecule has 0 atom stereocenters. The number of piperazine rings is 1. The molecular formula is C23H28N2O4. The van der Waals surface area contributed by atoms with Gasteiger partial charge in [0.05, 0.1) is 0 Å². The molecule has 154 valence electrons. The van der Waals surface area contributed by atoms with Gasteiger partial charge in [-0.3, -0.25) is 9.59 Å². The highest BCUT2D eigenvalue weighted by atomic mass is 16.5. The van der Waals surface area contributed by atoms with Crippen LogP contribution in [-0.2, 0) is 9.59 Å². The van der Waals surface area contributed by atoms with Gasteiger partial charge in [0.2, 0.25) is 0 Å². The number of hydrogen-bond acceptors (Lipinski definition) is 4. The Balaban J connectivity index is 1.42. The van der Waals surface area contributed by atoms with Crippen molar-refractivity contribution >= 4 is 11.8 Å². The summed E-state index contributed by atoms with van der Waals surface area (Å²) in [5, 5.41) is 0. The third kappa shape index (κ3) is 5.50. The van der Waals surface area contributed by atoms with Gasteiger partial charge in [-0.25, -0.2) is 0 Å². The zero-order valence-corrected chi connectivity index (χ0v) is 17.3. The van der Waals surface area contributed by atoms with Crippen LogP contribution in [-0.4, -0.2) is 61.0 Å². The smallest absolute Gasteiger partial charge is 0.260 e. The van der Waals surface area contributed by atoms with E-state index >= 15 is 0 Å². The Bertz CT molecular complexity index is 856. The maximum atomic E-state index is 12.5. The molecule has 0 saturated carbocycles. The standard InChI is InChI=1S/C23H28N2O4/c1-17-7-9-20(10-8-17)28-15-22(26)24-11-13-25(14-12-24)23(27)16-29-21-6-4-5-18(2)19(21)3/h4-10H,11-16H2,1-3H3. The molecule has 2 aromatic rings. The molecule has 6 nitrogen and oxygen atoms in total. The van der Waals surface area contributed by atoms with Gasteiger partial charge >= 0.3 is 0 Å². The van der Waals surface area contributed by atoms with Crippen molar-refractivity contribution in [2.75, 3.05) is 39.4 Å². The summed E-state index contributed by atoms with van der Waals surface area (Å²) in [6.45, 7) is 8.04. The summed E-state index contributed by atoms with van der Waals surface area (Å²) in [6.07, 6.45) is 0. The van der Waals surface area contributed by atoms with E-state index in [2.05, 4.69) is 0 Å². The van der Waals surface area contributed by atoms with Gasteiger partial charge in [0, 0.05) is 26.2 Å². The molecule has 0 aromatic heterocycles. The Hall–Kier alpha value is -3.02. The fourth-order valence-electron chi connectivity index (χ4n) is 3.19. The second kappa shape index (κ2) is 9.45. The van der Waals surface area contributed by atoms with E-state index in [-0.39, 0.29) is 25.0 Å². The summed E-state index contributed by atoms with van der Waals surface area (Å²) in [5.41, 5.74) is 3.32. The van der Waals surface area contributed by atoms with Crippen LogP contribution in [0.15, 0.2) is 42.5 Å². The number of carbonyl (C=O) groups is 2. The van der Waals surface area contributed by atoms with Crippen LogP contribution in [0.5, 0.6) is 11.5 Å². The van der Waals surface area contributed by atoms with E-state index in [1.54, 1.807) is 9.80 Å². The van der Waals surface area contributed by atoms with Crippen LogP contribution < -0.4 is 9.47 Å². The largest absolute Gasteiger partial charge is 0.484 e. The summed E-state index contributed by atoms with van der Waals surface area (Å²) in [5.74, 6) is 1.29. The van der Waals surface area contributed by atoms with Crippen molar-refractivity contribution in [2.24, 2.45) is 0 Å². The number of carbonyl (C=O) groups excluding carboxylic acids is 2. The topological polar surface area (TPSA) is 59.1 Å². The van der Waals surface area contributed by atoms with Gasteiger partial charge < -0.3 is 19.3 Å². The third-order valence-electron chi connectivity index (χ3n) is 5.27. The summed E-state index contributed by atoms with van der Waals surface area (Å²) >= 11 is 0. The fourth-order valence-corrected chi connectivity index (χ4v) is 3.19. The maximum absolute atomic E-state index is 12.5. The quantitative estimate of drug-likeness (QED) is 0.753. The van der Waals surface area contributed by atoms with Crippen LogP contribution >= 0.6 is 0 Å². The molecule has 2 aromatic carbocycles. The molecule has 1 aliphatic rings. The molecule has 2 amide bonds. The average Bonchev–Trinajstić information content (AvgIpc) is 2.74. The van der Waals surface area contributed by atoms with Crippen LogP contribution in [0.2, 0.25) is 0 Å². The molecule has 29 heavy (non-hydrogen) atoms. The van der Waals surface area contributed by atoms with Gasteiger partial charge in [-0.05, 0) is 50.1 Å². The highest BCUT2D eigenvalue weighted by molar-refractivity contribution is 5.80. The van der Waals surface area contributed by atoms with Crippen molar-refractivity contribution in [1.29, 1.82) is 0 Å². The minimum atomic E-state index is -0.0655. The molecule has 0 unspecified atom stereocenters. The molecule has 6 heteroatoms. The first-order chi connectivity index (χ1) is 13.9.